The first kappa shape index (κ1) is 20.6. The first-order valence-corrected chi connectivity index (χ1v) is 9.77. The van der Waals surface area contributed by atoms with Gasteiger partial charge < -0.3 is 16.0 Å². The number of rotatable bonds is 8. The highest BCUT2D eigenvalue weighted by atomic mass is 16.1. The predicted molar refractivity (Wildman–Crippen MR) is 119 cm³/mol. The van der Waals surface area contributed by atoms with E-state index in [-0.39, 0.29) is 11.8 Å². The van der Waals surface area contributed by atoms with E-state index in [4.69, 9.17) is 5.73 Å². The molecule has 0 fully saturated rings. The lowest BCUT2D eigenvalue weighted by molar-refractivity contribution is 0.103. The molecule has 1 aromatic heterocycles. The second kappa shape index (κ2) is 9.34. The van der Waals surface area contributed by atoms with Gasteiger partial charge in [0.2, 0.25) is 0 Å². The number of ketones is 1. The third kappa shape index (κ3) is 5.21. The molecule has 150 valence electrons. The van der Waals surface area contributed by atoms with Crippen LogP contribution in [0, 0.1) is 6.92 Å². The number of carbonyl (C=O) groups excluding carboxylic acids is 1. The first-order chi connectivity index (χ1) is 14.0. The molecule has 0 saturated heterocycles. The average Bonchev–Trinajstić information content (AvgIpc) is 2.72. The van der Waals surface area contributed by atoms with Crippen LogP contribution in [0.5, 0.6) is 0 Å². The van der Waals surface area contributed by atoms with Crippen LogP contribution in [0.1, 0.15) is 39.6 Å². The molecule has 5 nitrogen and oxygen atoms in total. The minimum absolute atomic E-state index is 0.00264. The van der Waals surface area contributed by atoms with Crippen molar-refractivity contribution in [1.82, 2.24) is 9.88 Å². The molecule has 0 radical (unpaired) electrons. The fourth-order valence-electron chi connectivity index (χ4n) is 3.29. The van der Waals surface area contributed by atoms with Gasteiger partial charge in [-0.25, -0.2) is 0 Å². The summed E-state index contributed by atoms with van der Waals surface area (Å²) < 4.78 is 0. The van der Waals surface area contributed by atoms with E-state index in [9.17, 15) is 4.79 Å². The molecule has 3 aromatic rings. The number of anilines is 2. The lowest BCUT2D eigenvalue weighted by atomic mass is 9.98. The minimum Gasteiger partial charge on any atom is -0.397 e. The number of aromatic nitrogens is 1. The Morgan fingerprint density at radius 1 is 1.10 bits per heavy atom. The van der Waals surface area contributed by atoms with E-state index in [1.54, 1.807) is 6.20 Å². The summed E-state index contributed by atoms with van der Waals surface area (Å²) in [5.74, 6) is -0.00264. The molecular formula is C24H28N4O. The molecule has 0 spiro atoms. The van der Waals surface area contributed by atoms with E-state index in [1.807, 2.05) is 81.7 Å². The van der Waals surface area contributed by atoms with Crippen molar-refractivity contribution in [2.24, 2.45) is 0 Å². The molecule has 3 N–H and O–H groups in total. The van der Waals surface area contributed by atoms with Crippen molar-refractivity contribution in [1.29, 1.82) is 0 Å². The predicted octanol–water partition coefficient (Wildman–Crippen LogP) is 4.31. The third-order valence-corrected chi connectivity index (χ3v) is 4.85. The number of carbonyl (C=O) groups is 1. The number of benzene rings is 2. The van der Waals surface area contributed by atoms with Crippen LogP contribution in [0.4, 0.5) is 11.4 Å². The van der Waals surface area contributed by atoms with Crippen LogP contribution < -0.4 is 11.1 Å². The number of nitrogens with one attached hydrogen (secondary N) is 1. The molecule has 0 amide bonds. The monoisotopic (exact) mass is 388 g/mol. The molecule has 0 saturated carbocycles. The highest BCUT2D eigenvalue weighted by Crippen LogP contribution is 2.29. The first-order valence-electron chi connectivity index (χ1n) is 9.77. The van der Waals surface area contributed by atoms with Gasteiger partial charge in [0, 0.05) is 23.0 Å². The standard InChI is InChI=1S/C24H28N4O/c1-17-11-12-21(19(16-17)24(29)18-8-5-4-6-9-18)27-22(13-15-28(2)3)23-20(25)10-7-14-26-23/h4-12,14,16,22,27H,13,15,25H2,1-3H3. The maximum absolute atomic E-state index is 13.2. The van der Waals surface area contributed by atoms with Gasteiger partial charge in [0.15, 0.2) is 5.78 Å². The van der Waals surface area contributed by atoms with Crippen LogP contribution >= 0.6 is 0 Å². The van der Waals surface area contributed by atoms with Gasteiger partial charge in [-0.15, -0.1) is 0 Å². The Balaban J connectivity index is 1.97. The highest BCUT2D eigenvalue weighted by Gasteiger charge is 2.20. The Morgan fingerprint density at radius 2 is 1.86 bits per heavy atom. The summed E-state index contributed by atoms with van der Waals surface area (Å²) in [6.45, 7) is 2.85. The molecule has 5 heteroatoms. The van der Waals surface area contributed by atoms with Crippen molar-refractivity contribution in [2.75, 3.05) is 31.7 Å². The number of nitrogen functional groups attached to an aromatic ring is 1. The second-order valence-electron chi connectivity index (χ2n) is 7.51. The van der Waals surface area contributed by atoms with Crippen LogP contribution in [0.25, 0.3) is 0 Å². The summed E-state index contributed by atoms with van der Waals surface area (Å²) in [5.41, 5.74) is 10.8. The number of nitrogens with two attached hydrogens (primary N) is 1. The number of hydrogen-bond donors (Lipinski definition) is 2. The molecule has 3 rings (SSSR count). The van der Waals surface area contributed by atoms with E-state index < -0.39 is 0 Å². The zero-order valence-corrected chi connectivity index (χ0v) is 17.2. The summed E-state index contributed by atoms with van der Waals surface area (Å²) in [5, 5.41) is 3.55. The molecule has 0 aliphatic carbocycles. The van der Waals surface area contributed by atoms with Gasteiger partial charge in [-0.1, -0.05) is 42.0 Å². The number of aryl methyl sites for hydroxylation is 1. The summed E-state index contributed by atoms with van der Waals surface area (Å²) in [6.07, 6.45) is 2.56. The normalized spacial score (nSPS) is 12.0. The SMILES string of the molecule is Cc1ccc(NC(CCN(C)C)c2ncccc2N)c(C(=O)c2ccccc2)c1. The number of pyridine rings is 1. The van der Waals surface area contributed by atoms with Gasteiger partial charge in [0.05, 0.1) is 17.4 Å². The van der Waals surface area contributed by atoms with Crippen molar-refractivity contribution >= 4 is 17.2 Å². The van der Waals surface area contributed by atoms with Gasteiger partial charge >= 0.3 is 0 Å². The summed E-state index contributed by atoms with van der Waals surface area (Å²) in [6, 6.07) is 18.8. The molecule has 1 atom stereocenters. The Morgan fingerprint density at radius 3 is 2.55 bits per heavy atom. The molecule has 0 aliphatic rings. The van der Waals surface area contributed by atoms with Gasteiger partial charge in [-0.05, 0) is 58.3 Å². The van der Waals surface area contributed by atoms with Crippen molar-refractivity contribution < 1.29 is 4.79 Å². The number of hydrogen-bond acceptors (Lipinski definition) is 5. The quantitative estimate of drug-likeness (QED) is 0.563. The summed E-state index contributed by atoms with van der Waals surface area (Å²) in [4.78, 5) is 19.8. The maximum Gasteiger partial charge on any atom is 0.195 e. The van der Waals surface area contributed by atoms with Crippen molar-refractivity contribution in [3.05, 3.63) is 89.2 Å². The van der Waals surface area contributed by atoms with Crippen molar-refractivity contribution in [3.8, 4) is 0 Å². The molecule has 29 heavy (non-hydrogen) atoms. The van der Waals surface area contributed by atoms with Crippen LogP contribution in [0.3, 0.4) is 0 Å². The van der Waals surface area contributed by atoms with Gasteiger partial charge in [-0.2, -0.15) is 0 Å². The minimum atomic E-state index is -0.108. The van der Waals surface area contributed by atoms with E-state index >= 15 is 0 Å². The second-order valence-corrected chi connectivity index (χ2v) is 7.51. The molecule has 2 aromatic carbocycles. The van der Waals surface area contributed by atoms with Crippen LogP contribution in [-0.4, -0.2) is 36.3 Å². The lowest BCUT2D eigenvalue weighted by Crippen LogP contribution is -2.22. The fourth-order valence-corrected chi connectivity index (χ4v) is 3.29. The summed E-state index contributed by atoms with van der Waals surface area (Å²) >= 11 is 0. The van der Waals surface area contributed by atoms with E-state index in [1.165, 1.54) is 0 Å². The van der Waals surface area contributed by atoms with Crippen molar-refractivity contribution in [3.63, 3.8) is 0 Å². The summed E-state index contributed by atoms with van der Waals surface area (Å²) in [7, 11) is 4.07. The van der Waals surface area contributed by atoms with Crippen LogP contribution in [0.15, 0.2) is 66.9 Å². The zero-order valence-electron chi connectivity index (χ0n) is 17.2. The van der Waals surface area contributed by atoms with Gasteiger partial charge in [0.1, 0.15) is 0 Å². The van der Waals surface area contributed by atoms with Crippen LogP contribution in [-0.2, 0) is 0 Å². The fraction of sp³-hybridized carbons (Fsp3) is 0.250. The lowest BCUT2D eigenvalue weighted by Gasteiger charge is -2.24. The van der Waals surface area contributed by atoms with E-state index in [2.05, 4.69) is 15.2 Å². The number of nitrogens with zero attached hydrogens (tertiary/aromatic N) is 2. The van der Waals surface area contributed by atoms with Gasteiger partial charge in [-0.3, -0.25) is 9.78 Å². The van der Waals surface area contributed by atoms with Gasteiger partial charge in [0.25, 0.3) is 0 Å². The molecule has 0 aliphatic heterocycles. The molecular weight excluding hydrogens is 360 g/mol. The Kier molecular flexibility index (Phi) is 6.62. The van der Waals surface area contributed by atoms with Crippen LogP contribution in [0.2, 0.25) is 0 Å². The zero-order chi connectivity index (χ0) is 20.8. The average molecular weight is 389 g/mol. The molecule has 1 unspecified atom stereocenters. The third-order valence-electron chi connectivity index (χ3n) is 4.85. The smallest absolute Gasteiger partial charge is 0.195 e. The maximum atomic E-state index is 13.2. The molecule has 0 bridgehead atoms. The molecule has 1 heterocycles. The Bertz CT molecular complexity index is 970. The Labute approximate surface area is 172 Å². The van der Waals surface area contributed by atoms with E-state index in [0.717, 1.165) is 29.9 Å². The highest BCUT2D eigenvalue weighted by molar-refractivity contribution is 6.12. The largest absolute Gasteiger partial charge is 0.397 e. The van der Waals surface area contributed by atoms with E-state index in [0.29, 0.717) is 16.8 Å². The Hall–Kier alpha value is -3.18. The topological polar surface area (TPSA) is 71.2 Å². The van der Waals surface area contributed by atoms with Crippen molar-refractivity contribution in [2.45, 2.75) is 19.4 Å².